The van der Waals surface area contributed by atoms with Gasteiger partial charge in [-0.2, -0.15) is 0 Å². The number of rotatable bonds is 7. The molecule has 0 aromatic heterocycles. The van der Waals surface area contributed by atoms with Crippen molar-refractivity contribution < 1.29 is 24.2 Å². The van der Waals surface area contributed by atoms with Gasteiger partial charge in [0, 0.05) is 0 Å². The number of carbonyl (C=O) groups is 3. The molecule has 0 aliphatic carbocycles. The van der Waals surface area contributed by atoms with Gasteiger partial charge in [0.1, 0.15) is 6.04 Å². The number of carboxylic acid groups (broad SMARTS) is 1. The summed E-state index contributed by atoms with van der Waals surface area (Å²) >= 11 is 0. The largest absolute Gasteiger partial charge is 0.480 e. The molecule has 0 saturated heterocycles. The number of esters is 1. The van der Waals surface area contributed by atoms with E-state index < -0.39 is 29.9 Å². The van der Waals surface area contributed by atoms with E-state index in [4.69, 9.17) is 10.8 Å². The average Bonchev–Trinajstić information content (AvgIpc) is 2.33. The van der Waals surface area contributed by atoms with Crippen molar-refractivity contribution in [3.05, 3.63) is 0 Å². The van der Waals surface area contributed by atoms with Gasteiger partial charge in [-0.15, -0.1) is 0 Å². The first-order chi connectivity index (χ1) is 8.34. The minimum atomic E-state index is -1.50. The van der Waals surface area contributed by atoms with Gasteiger partial charge in [-0.3, -0.25) is 4.79 Å². The molecule has 3 atom stereocenters. The number of hydrogen-bond acceptors (Lipinski definition) is 5. The maximum absolute atomic E-state index is 11.6. The lowest BCUT2D eigenvalue weighted by molar-refractivity contribution is -0.150. The van der Waals surface area contributed by atoms with E-state index in [0.717, 1.165) is 0 Å². The molecule has 0 aliphatic rings. The highest BCUT2D eigenvalue weighted by Crippen LogP contribution is 2.08. The molecule has 4 N–H and O–H groups in total. The minimum absolute atomic E-state index is 0.105. The van der Waals surface area contributed by atoms with Crippen LogP contribution in [0.5, 0.6) is 0 Å². The van der Waals surface area contributed by atoms with E-state index in [1.165, 1.54) is 0 Å². The predicted octanol–water partition coefficient (Wildman–Crippen LogP) is -0.508. The lowest BCUT2D eigenvalue weighted by atomic mass is 9.99. The molecule has 7 heteroatoms. The molecule has 0 rings (SSSR count). The molecule has 0 aromatic carbocycles. The summed E-state index contributed by atoms with van der Waals surface area (Å²) in [6, 6.07) is -2.57. The van der Waals surface area contributed by atoms with E-state index in [2.05, 4.69) is 10.1 Å². The van der Waals surface area contributed by atoms with Crippen LogP contribution >= 0.6 is 0 Å². The van der Waals surface area contributed by atoms with Crippen molar-refractivity contribution in [1.29, 1.82) is 0 Å². The zero-order valence-electron chi connectivity index (χ0n) is 10.8. The van der Waals surface area contributed by atoms with Gasteiger partial charge in [-0.05, 0) is 12.8 Å². The van der Waals surface area contributed by atoms with E-state index in [0.29, 0.717) is 6.42 Å². The first kappa shape index (κ1) is 16.4. The maximum atomic E-state index is 11.6. The fraction of sp³-hybridized carbons (Fsp3) is 0.727. The Balaban J connectivity index is 4.60. The smallest absolute Gasteiger partial charge is 0.332 e. The van der Waals surface area contributed by atoms with Gasteiger partial charge in [0.25, 0.3) is 0 Å². The van der Waals surface area contributed by atoms with Gasteiger partial charge in [0.2, 0.25) is 5.91 Å². The number of hydrogen-bond donors (Lipinski definition) is 3. The fourth-order valence-corrected chi connectivity index (χ4v) is 1.27. The molecule has 0 saturated carbocycles. The van der Waals surface area contributed by atoms with Crippen LogP contribution in [0.1, 0.15) is 27.2 Å². The van der Waals surface area contributed by atoms with E-state index in [9.17, 15) is 14.4 Å². The summed E-state index contributed by atoms with van der Waals surface area (Å²) in [6.45, 7) is 5.18. The second kappa shape index (κ2) is 7.65. The molecular weight excluding hydrogens is 240 g/mol. The van der Waals surface area contributed by atoms with E-state index >= 15 is 0 Å². The zero-order valence-corrected chi connectivity index (χ0v) is 10.8. The lowest BCUT2D eigenvalue weighted by Crippen LogP contribution is -2.53. The quantitative estimate of drug-likeness (QED) is 0.419. The van der Waals surface area contributed by atoms with Crippen LogP contribution in [0, 0.1) is 5.92 Å². The number of ether oxygens (including phenoxy) is 1. The molecule has 0 fully saturated rings. The van der Waals surface area contributed by atoms with Crippen LogP contribution in [-0.4, -0.2) is 41.6 Å². The molecule has 0 aromatic rings. The standard InChI is InChI=1S/C11H20N2O5/c1-4-6(3)8(10(15)16)13-9(14)7(12)11(17)18-5-2/h6-8H,4-5,12H2,1-3H3,(H,13,14)(H,15,16)/t6?,7?,8-/m0/s1. The topological polar surface area (TPSA) is 119 Å². The van der Waals surface area contributed by atoms with E-state index in [1.54, 1.807) is 20.8 Å². The van der Waals surface area contributed by atoms with E-state index in [1.807, 2.05) is 0 Å². The number of carbonyl (C=O) groups excluding carboxylic acids is 2. The second-order valence-corrected chi connectivity index (χ2v) is 3.94. The summed E-state index contributed by atoms with van der Waals surface area (Å²) in [5, 5.41) is 11.2. The van der Waals surface area contributed by atoms with Gasteiger partial charge >= 0.3 is 11.9 Å². The Bertz CT molecular complexity index is 319. The minimum Gasteiger partial charge on any atom is -0.480 e. The van der Waals surface area contributed by atoms with Crippen LogP contribution in [0.25, 0.3) is 0 Å². The summed E-state index contributed by atoms with van der Waals surface area (Å²) in [5.41, 5.74) is 5.36. The first-order valence-electron chi connectivity index (χ1n) is 5.80. The highest BCUT2D eigenvalue weighted by Gasteiger charge is 2.30. The molecule has 0 radical (unpaired) electrons. The SMILES string of the molecule is CCOC(=O)C(N)C(=O)N[C@H](C(=O)O)C(C)CC. The molecule has 7 nitrogen and oxygen atoms in total. The van der Waals surface area contributed by atoms with Crippen molar-refractivity contribution in [3.63, 3.8) is 0 Å². The lowest BCUT2D eigenvalue weighted by Gasteiger charge is -2.21. The van der Waals surface area contributed by atoms with Crippen molar-refractivity contribution >= 4 is 17.8 Å². The van der Waals surface area contributed by atoms with Crippen molar-refractivity contribution in [1.82, 2.24) is 5.32 Å². The van der Waals surface area contributed by atoms with Crippen LogP contribution in [0.4, 0.5) is 0 Å². The number of aliphatic carboxylic acids is 1. The third-order valence-corrected chi connectivity index (χ3v) is 2.60. The van der Waals surface area contributed by atoms with Gasteiger partial charge in [-0.25, -0.2) is 9.59 Å². The van der Waals surface area contributed by atoms with Crippen molar-refractivity contribution in [3.8, 4) is 0 Å². The summed E-state index contributed by atoms with van der Waals surface area (Å²) in [5.74, 6) is -3.14. The third-order valence-electron chi connectivity index (χ3n) is 2.60. The monoisotopic (exact) mass is 260 g/mol. The average molecular weight is 260 g/mol. The van der Waals surface area contributed by atoms with Crippen molar-refractivity contribution in [2.24, 2.45) is 11.7 Å². The van der Waals surface area contributed by atoms with Crippen LogP contribution in [0.15, 0.2) is 0 Å². The van der Waals surface area contributed by atoms with E-state index in [-0.39, 0.29) is 12.5 Å². The summed E-state index contributed by atoms with van der Waals surface area (Å²) in [4.78, 5) is 33.8. The number of nitrogens with two attached hydrogens (primary N) is 1. The predicted molar refractivity (Wildman–Crippen MR) is 63.6 cm³/mol. The molecule has 2 unspecified atom stereocenters. The van der Waals surface area contributed by atoms with Crippen molar-refractivity contribution in [2.45, 2.75) is 39.3 Å². The maximum Gasteiger partial charge on any atom is 0.332 e. The van der Waals surface area contributed by atoms with Crippen LogP contribution in [0.2, 0.25) is 0 Å². The molecule has 104 valence electrons. The van der Waals surface area contributed by atoms with Gasteiger partial charge in [0.05, 0.1) is 6.61 Å². The van der Waals surface area contributed by atoms with Crippen molar-refractivity contribution in [2.75, 3.05) is 6.61 Å². The Morgan fingerprint density at radius 1 is 1.33 bits per heavy atom. The summed E-state index contributed by atoms with van der Waals surface area (Å²) < 4.78 is 4.58. The first-order valence-corrected chi connectivity index (χ1v) is 5.80. The van der Waals surface area contributed by atoms with Gasteiger partial charge in [0.15, 0.2) is 6.04 Å². The Morgan fingerprint density at radius 3 is 2.28 bits per heavy atom. The Labute approximate surface area is 106 Å². The molecular formula is C11H20N2O5. The fourth-order valence-electron chi connectivity index (χ4n) is 1.27. The molecule has 0 spiro atoms. The number of carboxylic acids is 1. The Kier molecular flexibility index (Phi) is 6.96. The van der Waals surface area contributed by atoms with Crippen LogP contribution < -0.4 is 11.1 Å². The second-order valence-electron chi connectivity index (χ2n) is 3.94. The Hall–Kier alpha value is -1.63. The zero-order chi connectivity index (χ0) is 14.3. The van der Waals surface area contributed by atoms with Crippen LogP contribution in [0.3, 0.4) is 0 Å². The highest BCUT2D eigenvalue weighted by molar-refractivity contribution is 6.02. The van der Waals surface area contributed by atoms with Crippen LogP contribution in [-0.2, 0) is 19.1 Å². The number of amides is 1. The molecule has 18 heavy (non-hydrogen) atoms. The molecule has 0 bridgehead atoms. The highest BCUT2D eigenvalue weighted by atomic mass is 16.5. The number of nitrogens with one attached hydrogen (secondary N) is 1. The summed E-state index contributed by atoms with van der Waals surface area (Å²) in [7, 11) is 0. The summed E-state index contributed by atoms with van der Waals surface area (Å²) in [6.07, 6.45) is 0.575. The molecule has 0 aliphatic heterocycles. The third kappa shape index (κ3) is 4.70. The molecule has 0 heterocycles. The van der Waals surface area contributed by atoms with Gasteiger partial charge < -0.3 is 20.9 Å². The Morgan fingerprint density at radius 2 is 1.89 bits per heavy atom. The van der Waals surface area contributed by atoms with Gasteiger partial charge in [-0.1, -0.05) is 20.3 Å². The normalized spacial score (nSPS) is 15.3. The molecule has 1 amide bonds.